The van der Waals surface area contributed by atoms with E-state index in [1.165, 1.54) is 44.2 Å². The van der Waals surface area contributed by atoms with E-state index < -0.39 is 0 Å². The lowest BCUT2D eigenvalue weighted by Gasteiger charge is -2.14. The van der Waals surface area contributed by atoms with Gasteiger partial charge in [-0.2, -0.15) is 0 Å². The zero-order valence-corrected chi connectivity index (χ0v) is 32.7. The Labute approximate surface area is 349 Å². The Morgan fingerprint density at radius 2 is 0.633 bits per heavy atom. The second kappa shape index (κ2) is 15.1. The molecule has 0 bridgehead atoms. The first kappa shape index (κ1) is 35.2. The normalized spacial score (nSPS) is 11.3. The summed E-state index contributed by atoms with van der Waals surface area (Å²) in [5, 5.41) is 7.02. The second-order valence-corrected chi connectivity index (χ2v) is 15.2. The molecule has 0 fully saturated rings. The summed E-state index contributed by atoms with van der Waals surface area (Å²) < 4.78 is 0. The van der Waals surface area contributed by atoms with Crippen LogP contribution in [0.3, 0.4) is 0 Å². The third-order valence-electron chi connectivity index (χ3n) is 11.5. The van der Waals surface area contributed by atoms with Gasteiger partial charge in [-0.05, 0) is 101 Å². The standard InChI is InChI=1S/C57H37N3/c1-4-14-38(15-5-1)43-29-26-39-27-30-46(36-48(39)34-43)56-58-55(59-57(60-56)47-31-28-42-20-13-25-49(54(42)37-47)40-16-6-2-7-17-40)45-22-12-21-44(35-45)51-33-32-50(41-18-8-3-9-19-41)52-23-10-11-24-53(51)52/h1-37H. The fourth-order valence-electron chi connectivity index (χ4n) is 8.49. The number of benzene rings is 10. The van der Waals surface area contributed by atoms with Gasteiger partial charge in [0.05, 0.1) is 0 Å². The molecule has 1 aromatic heterocycles. The summed E-state index contributed by atoms with van der Waals surface area (Å²) >= 11 is 0. The van der Waals surface area contributed by atoms with Gasteiger partial charge in [0.1, 0.15) is 0 Å². The van der Waals surface area contributed by atoms with Crippen molar-refractivity contribution in [1.82, 2.24) is 15.0 Å². The van der Waals surface area contributed by atoms with Crippen molar-refractivity contribution in [2.24, 2.45) is 0 Å². The summed E-state index contributed by atoms with van der Waals surface area (Å²) in [6.45, 7) is 0. The molecule has 0 aliphatic rings. The lowest BCUT2D eigenvalue weighted by atomic mass is 9.91. The smallest absolute Gasteiger partial charge is 0.164 e. The van der Waals surface area contributed by atoms with E-state index in [-0.39, 0.29) is 0 Å². The van der Waals surface area contributed by atoms with E-state index >= 15 is 0 Å². The number of rotatable bonds is 7. The molecule has 0 saturated heterocycles. The van der Waals surface area contributed by atoms with Crippen LogP contribution in [0.25, 0.3) is 111 Å². The first-order chi connectivity index (χ1) is 29.7. The molecule has 0 spiro atoms. The van der Waals surface area contributed by atoms with Crippen LogP contribution in [0.1, 0.15) is 0 Å². The highest BCUT2D eigenvalue weighted by Crippen LogP contribution is 2.38. The summed E-state index contributed by atoms with van der Waals surface area (Å²) in [5.41, 5.74) is 12.2. The highest BCUT2D eigenvalue weighted by atomic mass is 15.0. The van der Waals surface area contributed by atoms with E-state index in [0.717, 1.165) is 49.4 Å². The zero-order valence-electron chi connectivity index (χ0n) is 32.7. The molecule has 1 heterocycles. The van der Waals surface area contributed by atoms with Gasteiger partial charge in [0.25, 0.3) is 0 Å². The quantitative estimate of drug-likeness (QED) is 0.162. The SMILES string of the molecule is c1ccc(-c2ccc3ccc(-c4nc(-c5cccc(-c6ccc(-c7ccccc7)c7ccccc67)c5)nc(-c5ccc6cccc(-c7ccccc7)c6c5)n4)cc3c2)cc1. The molecule has 0 unspecified atom stereocenters. The number of fused-ring (bicyclic) bond motifs is 3. The van der Waals surface area contributed by atoms with Crippen molar-refractivity contribution in [3.63, 3.8) is 0 Å². The number of nitrogens with zero attached hydrogens (tertiary/aromatic N) is 3. The van der Waals surface area contributed by atoms with Crippen LogP contribution in [0.5, 0.6) is 0 Å². The second-order valence-electron chi connectivity index (χ2n) is 15.2. The van der Waals surface area contributed by atoms with Crippen molar-refractivity contribution in [3.05, 3.63) is 224 Å². The van der Waals surface area contributed by atoms with Crippen molar-refractivity contribution in [2.45, 2.75) is 0 Å². The maximum atomic E-state index is 5.25. The fraction of sp³-hybridized carbons (Fsp3) is 0. The lowest BCUT2D eigenvalue weighted by Crippen LogP contribution is -2.00. The van der Waals surface area contributed by atoms with Crippen LogP contribution in [0, 0.1) is 0 Å². The molecule has 10 aromatic carbocycles. The van der Waals surface area contributed by atoms with Gasteiger partial charge >= 0.3 is 0 Å². The van der Waals surface area contributed by atoms with Gasteiger partial charge in [-0.15, -0.1) is 0 Å². The topological polar surface area (TPSA) is 38.7 Å². The van der Waals surface area contributed by atoms with E-state index in [0.29, 0.717) is 17.5 Å². The molecule has 3 nitrogen and oxygen atoms in total. The van der Waals surface area contributed by atoms with E-state index in [4.69, 9.17) is 15.0 Å². The van der Waals surface area contributed by atoms with Gasteiger partial charge in [0.2, 0.25) is 0 Å². The van der Waals surface area contributed by atoms with Crippen molar-refractivity contribution >= 4 is 32.3 Å². The highest BCUT2D eigenvalue weighted by Gasteiger charge is 2.16. The summed E-state index contributed by atoms with van der Waals surface area (Å²) in [6, 6.07) is 79.5. The third-order valence-corrected chi connectivity index (χ3v) is 11.5. The Hall–Kier alpha value is -8.01. The minimum absolute atomic E-state index is 0.622. The molecule has 3 heteroatoms. The Morgan fingerprint density at radius 1 is 0.200 bits per heavy atom. The van der Waals surface area contributed by atoms with Crippen LogP contribution in [0.4, 0.5) is 0 Å². The molecule has 11 rings (SSSR count). The third kappa shape index (κ3) is 6.58. The molecule has 0 aliphatic carbocycles. The van der Waals surface area contributed by atoms with Crippen LogP contribution in [-0.2, 0) is 0 Å². The van der Waals surface area contributed by atoms with E-state index in [2.05, 4.69) is 224 Å². The van der Waals surface area contributed by atoms with Crippen LogP contribution in [0.2, 0.25) is 0 Å². The maximum absolute atomic E-state index is 5.25. The van der Waals surface area contributed by atoms with Crippen molar-refractivity contribution in [2.75, 3.05) is 0 Å². The Bertz CT molecular complexity index is 3360. The first-order valence-electron chi connectivity index (χ1n) is 20.3. The van der Waals surface area contributed by atoms with Gasteiger partial charge < -0.3 is 0 Å². The minimum atomic E-state index is 0.622. The van der Waals surface area contributed by atoms with Gasteiger partial charge in [-0.25, -0.2) is 15.0 Å². The number of hydrogen-bond acceptors (Lipinski definition) is 3. The Kier molecular flexibility index (Phi) is 8.83. The van der Waals surface area contributed by atoms with E-state index in [1.807, 2.05) is 0 Å². The molecule has 0 aliphatic heterocycles. The molecule has 0 atom stereocenters. The fourth-order valence-corrected chi connectivity index (χ4v) is 8.49. The average molecular weight is 764 g/mol. The molecular weight excluding hydrogens is 727 g/mol. The molecular formula is C57H37N3. The molecule has 280 valence electrons. The summed E-state index contributed by atoms with van der Waals surface area (Å²) in [7, 11) is 0. The monoisotopic (exact) mass is 763 g/mol. The molecule has 0 saturated carbocycles. The highest BCUT2D eigenvalue weighted by molar-refractivity contribution is 6.05. The van der Waals surface area contributed by atoms with E-state index in [1.54, 1.807) is 0 Å². The average Bonchev–Trinajstić information content (AvgIpc) is 3.33. The van der Waals surface area contributed by atoms with Crippen molar-refractivity contribution in [1.29, 1.82) is 0 Å². The maximum Gasteiger partial charge on any atom is 0.164 e. The summed E-state index contributed by atoms with van der Waals surface area (Å²) in [5.74, 6) is 1.87. The zero-order chi connectivity index (χ0) is 39.8. The molecule has 60 heavy (non-hydrogen) atoms. The van der Waals surface area contributed by atoms with Crippen LogP contribution >= 0.6 is 0 Å². The van der Waals surface area contributed by atoms with Gasteiger partial charge in [0, 0.05) is 16.7 Å². The largest absolute Gasteiger partial charge is 0.208 e. The minimum Gasteiger partial charge on any atom is -0.208 e. The summed E-state index contributed by atoms with van der Waals surface area (Å²) in [6.07, 6.45) is 0. The van der Waals surface area contributed by atoms with Gasteiger partial charge in [-0.3, -0.25) is 0 Å². The van der Waals surface area contributed by atoms with Gasteiger partial charge in [0.15, 0.2) is 17.5 Å². The predicted molar refractivity (Wildman–Crippen MR) is 250 cm³/mol. The first-order valence-corrected chi connectivity index (χ1v) is 20.3. The number of hydrogen-bond donors (Lipinski definition) is 0. The van der Waals surface area contributed by atoms with Crippen LogP contribution in [-0.4, -0.2) is 15.0 Å². The van der Waals surface area contributed by atoms with E-state index in [9.17, 15) is 0 Å². The molecule has 0 amide bonds. The molecule has 11 aromatic rings. The van der Waals surface area contributed by atoms with Crippen molar-refractivity contribution in [3.8, 4) is 78.7 Å². The van der Waals surface area contributed by atoms with Crippen LogP contribution in [0.15, 0.2) is 224 Å². The Balaban J connectivity index is 1.08. The van der Waals surface area contributed by atoms with Crippen LogP contribution < -0.4 is 0 Å². The predicted octanol–water partition coefficient (Wildman–Crippen LogP) is 15.0. The molecule has 0 N–H and O–H groups in total. The summed E-state index contributed by atoms with van der Waals surface area (Å²) in [4.78, 5) is 15.7. The van der Waals surface area contributed by atoms with Gasteiger partial charge in [-0.1, -0.05) is 200 Å². The molecule has 0 radical (unpaired) electrons. The van der Waals surface area contributed by atoms with Crippen molar-refractivity contribution < 1.29 is 0 Å². The number of aromatic nitrogens is 3. The Morgan fingerprint density at radius 3 is 1.27 bits per heavy atom. The lowest BCUT2D eigenvalue weighted by molar-refractivity contribution is 1.08.